The van der Waals surface area contributed by atoms with E-state index in [9.17, 15) is 9.18 Å². The fraction of sp³-hybridized carbons (Fsp3) is 0.500. The maximum atomic E-state index is 13.5. The van der Waals surface area contributed by atoms with Crippen molar-refractivity contribution in [2.45, 2.75) is 39.3 Å². The molecule has 5 heteroatoms. The van der Waals surface area contributed by atoms with Crippen LogP contribution in [-0.2, 0) is 11.3 Å². The molecule has 0 saturated carbocycles. The molecule has 0 bridgehead atoms. The molecule has 0 aromatic heterocycles. The van der Waals surface area contributed by atoms with Gasteiger partial charge in [-0.2, -0.15) is 0 Å². The van der Waals surface area contributed by atoms with Gasteiger partial charge in [-0.3, -0.25) is 9.69 Å². The van der Waals surface area contributed by atoms with Gasteiger partial charge in [0, 0.05) is 18.6 Å². The molecule has 0 spiro atoms. The molecule has 3 nitrogen and oxygen atoms in total. The van der Waals surface area contributed by atoms with Crippen LogP contribution in [0.5, 0.6) is 0 Å². The largest absolute Gasteiger partial charge is 0.481 e. The Morgan fingerprint density at radius 2 is 2.05 bits per heavy atom. The number of carboxylic acid groups (broad SMARTS) is 1. The Balaban J connectivity index is 2.81. The van der Waals surface area contributed by atoms with Crippen LogP contribution in [0.1, 0.15) is 32.8 Å². The fourth-order valence-corrected chi connectivity index (χ4v) is 1.99. The Bertz CT molecular complexity index is 457. The molecule has 0 heterocycles. The van der Waals surface area contributed by atoms with Crippen molar-refractivity contribution in [1.82, 2.24) is 4.90 Å². The van der Waals surface area contributed by atoms with Gasteiger partial charge < -0.3 is 5.11 Å². The first kappa shape index (κ1) is 16.1. The molecule has 0 amide bonds. The minimum absolute atomic E-state index is 0.0796. The molecular weight excluding hydrogens is 313 g/mol. The van der Waals surface area contributed by atoms with E-state index >= 15 is 0 Å². The van der Waals surface area contributed by atoms with E-state index in [0.717, 1.165) is 5.56 Å². The highest BCUT2D eigenvalue weighted by Crippen LogP contribution is 2.21. The van der Waals surface area contributed by atoms with E-state index in [0.29, 0.717) is 17.6 Å². The summed E-state index contributed by atoms with van der Waals surface area (Å²) in [6.07, 6.45) is 0.0796. The van der Waals surface area contributed by atoms with E-state index in [1.54, 1.807) is 6.07 Å². The van der Waals surface area contributed by atoms with Gasteiger partial charge >= 0.3 is 5.97 Å². The lowest BCUT2D eigenvalue weighted by Crippen LogP contribution is -2.42. The minimum Gasteiger partial charge on any atom is -0.481 e. The van der Waals surface area contributed by atoms with E-state index in [1.807, 2.05) is 31.7 Å². The van der Waals surface area contributed by atoms with Gasteiger partial charge in [-0.05, 0) is 54.4 Å². The van der Waals surface area contributed by atoms with E-state index in [4.69, 9.17) is 5.11 Å². The highest BCUT2D eigenvalue weighted by molar-refractivity contribution is 9.10. The van der Waals surface area contributed by atoms with Crippen molar-refractivity contribution >= 4 is 21.9 Å². The van der Waals surface area contributed by atoms with Crippen molar-refractivity contribution < 1.29 is 14.3 Å². The molecular formula is C14H19BrFNO2. The van der Waals surface area contributed by atoms with E-state index in [2.05, 4.69) is 15.9 Å². The Labute approximate surface area is 121 Å². The fourth-order valence-electron chi connectivity index (χ4n) is 1.74. The number of hydrogen-bond donors (Lipinski definition) is 1. The predicted molar refractivity (Wildman–Crippen MR) is 76.5 cm³/mol. The quantitative estimate of drug-likeness (QED) is 0.894. The molecule has 0 unspecified atom stereocenters. The normalized spacial score (nSPS) is 11.9. The average Bonchev–Trinajstić information content (AvgIpc) is 2.27. The van der Waals surface area contributed by atoms with Gasteiger partial charge in [0.25, 0.3) is 0 Å². The Morgan fingerprint density at radius 3 is 2.53 bits per heavy atom. The molecule has 0 fully saturated rings. The van der Waals surface area contributed by atoms with E-state index < -0.39 is 5.97 Å². The van der Waals surface area contributed by atoms with Gasteiger partial charge in [-0.15, -0.1) is 0 Å². The maximum Gasteiger partial charge on any atom is 0.304 e. The molecule has 0 saturated heterocycles. The summed E-state index contributed by atoms with van der Waals surface area (Å²) in [4.78, 5) is 12.7. The molecule has 0 radical (unpaired) electrons. The summed E-state index contributed by atoms with van der Waals surface area (Å²) in [5.41, 5.74) is 0.667. The van der Waals surface area contributed by atoms with E-state index in [-0.39, 0.29) is 17.8 Å². The zero-order valence-electron chi connectivity index (χ0n) is 11.4. The molecule has 0 aliphatic heterocycles. The summed E-state index contributed by atoms with van der Waals surface area (Å²) in [7, 11) is 0. The van der Waals surface area contributed by atoms with Crippen molar-refractivity contribution in [1.29, 1.82) is 0 Å². The standard InChI is InChI=1S/C14H19BrFNO2/c1-14(2,3)17(7-6-13(18)19)9-10-4-5-11(15)12(16)8-10/h4-5,8H,6-7,9H2,1-3H3,(H,18,19). The van der Waals surface area contributed by atoms with Gasteiger partial charge in [0.15, 0.2) is 0 Å². The maximum absolute atomic E-state index is 13.5. The van der Waals surface area contributed by atoms with Crippen LogP contribution in [0.3, 0.4) is 0 Å². The highest BCUT2D eigenvalue weighted by Gasteiger charge is 2.22. The number of hydrogen-bond acceptors (Lipinski definition) is 2. The van der Waals surface area contributed by atoms with Gasteiger partial charge in [0.05, 0.1) is 10.9 Å². The van der Waals surface area contributed by atoms with Crippen molar-refractivity contribution in [3.63, 3.8) is 0 Å². The van der Waals surface area contributed by atoms with Crippen molar-refractivity contribution in [2.24, 2.45) is 0 Å². The van der Waals surface area contributed by atoms with Gasteiger partial charge in [-0.25, -0.2) is 4.39 Å². The molecule has 0 atom stereocenters. The van der Waals surface area contributed by atoms with E-state index in [1.165, 1.54) is 6.07 Å². The van der Waals surface area contributed by atoms with Crippen LogP contribution >= 0.6 is 15.9 Å². The smallest absolute Gasteiger partial charge is 0.304 e. The van der Waals surface area contributed by atoms with Crippen LogP contribution in [0.4, 0.5) is 4.39 Å². The second-order valence-corrected chi connectivity index (χ2v) is 6.34. The number of rotatable bonds is 5. The molecule has 0 aliphatic carbocycles. The summed E-state index contributed by atoms with van der Waals surface area (Å²) in [6, 6.07) is 4.99. The summed E-state index contributed by atoms with van der Waals surface area (Å²) in [5, 5.41) is 8.78. The zero-order valence-corrected chi connectivity index (χ0v) is 13.0. The van der Waals surface area contributed by atoms with Crippen LogP contribution < -0.4 is 0 Å². The molecule has 1 rings (SSSR count). The van der Waals surface area contributed by atoms with Crippen LogP contribution in [0.25, 0.3) is 0 Å². The van der Waals surface area contributed by atoms with Crippen LogP contribution in [0.2, 0.25) is 0 Å². The van der Waals surface area contributed by atoms with Gasteiger partial charge in [0.2, 0.25) is 0 Å². The second-order valence-electron chi connectivity index (χ2n) is 5.48. The summed E-state index contributed by atoms with van der Waals surface area (Å²) in [5.74, 6) is -1.12. The molecule has 1 aromatic carbocycles. The van der Waals surface area contributed by atoms with Crippen molar-refractivity contribution in [3.8, 4) is 0 Å². The Kier molecular flexibility index (Phi) is 5.50. The lowest BCUT2D eigenvalue weighted by atomic mass is 10.0. The van der Waals surface area contributed by atoms with Crippen molar-refractivity contribution in [2.75, 3.05) is 6.54 Å². The molecule has 0 aliphatic rings. The van der Waals surface area contributed by atoms with Gasteiger partial charge in [-0.1, -0.05) is 6.07 Å². The topological polar surface area (TPSA) is 40.5 Å². The molecule has 1 N–H and O–H groups in total. The Hall–Kier alpha value is -0.940. The molecule has 19 heavy (non-hydrogen) atoms. The number of aliphatic carboxylic acids is 1. The lowest BCUT2D eigenvalue weighted by molar-refractivity contribution is -0.137. The summed E-state index contributed by atoms with van der Waals surface area (Å²) >= 11 is 3.12. The molecule has 1 aromatic rings. The third kappa shape index (κ3) is 5.28. The number of nitrogens with zero attached hydrogens (tertiary/aromatic N) is 1. The highest BCUT2D eigenvalue weighted by atomic mass is 79.9. The SMILES string of the molecule is CC(C)(C)N(CCC(=O)O)Cc1ccc(Br)c(F)c1. The van der Waals surface area contributed by atoms with Crippen molar-refractivity contribution in [3.05, 3.63) is 34.1 Å². The minimum atomic E-state index is -0.823. The third-order valence-corrected chi connectivity index (χ3v) is 3.54. The lowest BCUT2D eigenvalue weighted by Gasteiger charge is -2.35. The number of halogens is 2. The number of carboxylic acids is 1. The first-order chi connectivity index (χ1) is 8.70. The first-order valence-electron chi connectivity index (χ1n) is 6.11. The summed E-state index contributed by atoms with van der Waals surface area (Å²) in [6.45, 7) is 7.02. The first-order valence-corrected chi connectivity index (χ1v) is 6.90. The monoisotopic (exact) mass is 331 g/mol. The van der Waals surface area contributed by atoms with Gasteiger partial charge in [0.1, 0.15) is 5.82 Å². The van der Waals surface area contributed by atoms with Crippen LogP contribution in [-0.4, -0.2) is 28.1 Å². The average molecular weight is 332 g/mol. The van der Waals surface area contributed by atoms with Crippen LogP contribution in [0, 0.1) is 5.82 Å². The van der Waals surface area contributed by atoms with Crippen LogP contribution in [0.15, 0.2) is 22.7 Å². The zero-order chi connectivity index (χ0) is 14.6. The number of benzene rings is 1. The summed E-state index contributed by atoms with van der Waals surface area (Å²) < 4.78 is 13.9. The number of carbonyl (C=O) groups is 1. The second kappa shape index (κ2) is 6.48. The third-order valence-electron chi connectivity index (χ3n) is 2.90. The predicted octanol–water partition coefficient (Wildman–Crippen LogP) is 3.66. The molecule has 106 valence electrons. The Morgan fingerprint density at radius 1 is 1.42 bits per heavy atom.